The minimum absolute atomic E-state index is 0.0232. The summed E-state index contributed by atoms with van der Waals surface area (Å²) in [6, 6.07) is 8.52. The van der Waals surface area contributed by atoms with Crippen molar-refractivity contribution in [2.75, 3.05) is 4.72 Å². The van der Waals surface area contributed by atoms with Gasteiger partial charge in [0, 0.05) is 10.0 Å². The van der Waals surface area contributed by atoms with E-state index in [1.54, 1.807) is 0 Å². The first-order chi connectivity index (χ1) is 9.29. The van der Waals surface area contributed by atoms with Crippen molar-refractivity contribution in [1.82, 2.24) is 0 Å². The number of nitrogens with one attached hydrogen (secondary N) is 1. The van der Waals surface area contributed by atoms with Crippen molar-refractivity contribution >= 4 is 62.1 Å². The molecule has 0 aliphatic carbocycles. The Kier molecular flexibility index (Phi) is 4.72. The number of anilines is 1. The van der Waals surface area contributed by atoms with E-state index in [1.165, 1.54) is 36.4 Å². The molecule has 8 heteroatoms. The second-order valence-corrected chi connectivity index (χ2v) is 7.14. The van der Waals surface area contributed by atoms with E-state index in [1.807, 2.05) is 0 Å². The van der Waals surface area contributed by atoms with Gasteiger partial charge < -0.3 is 0 Å². The molecule has 0 spiro atoms. The molecule has 0 radical (unpaired) electrons. The molecule has 0 saturated heterocycles. The lowest BCUT2D eigenvalue weighted by Gasteiger charge is -2.11. The normalized spacial score (nSPS) is 11.4. The van der Waals surface area contributed by atoms with Crippen molar-refractivity contribution in [3.05, 3.63) is 56.5 Å². The lowest BCUT2D eigenvalue weighted by Crippen LogP contribution is -2.13. The second kappa shape index (κ2) is 6.00. The zero-order chi connectivity index (χ0) is 14.9. The van der Waals surface area contributed by atoms with Crippen LogP contribution in [0.5, 0.6) is 0 Å². The Balaban J connectivity index is 2.41. The van der Waals surface area contributed by atoms with Crippen LogP contribution in [0.3, 0.4) is 0 Å². The average molecular weight is 371 g/mol. The van der Waals surface area contributed by atoms with Gasteiger partial charge in [0.1, 0.15) is 4.90 Å². The maximum Gasteiger partial charge on any atom is 0.263 e. The molecular weight excluding hydrogens is 364 g/mol. The number of hydrogen-bond donors (Lipinski definition) is 1. The van der Waals surface area contributed by atoms with Crippen LogP contribution in [0.15, 0.2) is 41.3 Å². The van der Waals surface area contributed by atoms with Gasteiger partial charge in [-0.1, -0.05) is 46.4 Å². The molecule has 2 rings (SSSR count). The Morgan fingerprint density at radius 2 is 1.35 bits per heavy atom. The molecule has 0 saturated carbocycles. The number of halogens is 4. The van der Waals surface area contributed by atoms with Crippen molar-refractivity contribution in [1.29, 1.82) is 0 Å². The second-order valence-electron chi connectivity index (χ2n) is 3.80. The molecule has 2 aromatic rings. The molecule has 2 aromatic carbocycles. The molecule has 0 amide bonds. The van der Waals surface area contributed by atoms with Gasteiger partial charge in [0.25, 0.3) is 10.0 Å². The molecule has 3 nitrogen and oxygen atoms in total. The Hall–Kier alpha value is -0.650. The number of rotatable bonds is 3. The Morgan fingerprint density at radius 3 is 1.90 bits per heavy atom. The highest BCUT2D eigenvalue weighted by Gasteiger charge is 2.19. The van der Waals surface area contributed by atoms with E-state index in [9.17, 15) is 8.42 Å². The van der Waals surface area contributed by atoms with Crippen molar-refractivity contribution in [2.45, 2.75) is 4.90 Å². The quantitative estimate of drug-likeness (QED) is 0.816. The van der Waals surface area contributed by atoms with Crippen LogP contribution < -0.4 is 4.72 Å². The number of benzene rings is 2. The lowest BCUT2D eigenvalue weighted by atomic mass is 10.3. The summed E-state index contributed by atoms with van der Waals surface area (Å²) in [6.07, 6.45) is 0. The van der Waals surface area contributed by atoms with Gasteiger partial charge in [-0.15, -0.1) is 0 Å². The van der Waals surface area contributed by atoms with Gasteiger partial charge in [-0.05, 0) is 36.4 Å². The molecule has 0 bridgehead atoms. The van der Waals surface area contributed by atoms with Crippen LogP contribution in [0, 0.1) is 0 Å². The zero-order valence-corrected chi connectivity index (χ0v) is 13.5. The number of hydrogen-bond acceptors (Lipinski definition) is 2. The van der Waals surface area contributed by atoms with E-state index in [0.29, 0.717) is 10.0 Å². The predicted octanol–water partition coefficient (Wildman–Crippen LogP) is 5.10. The molecule has 1 N–H and O–H groups in total. The first-order valence-corrected chi connectivity index (χ1v) is 8.22. The fourth-order valence-corrected chi connectivity index (χ4v) is 3.83. The van der Waals surface area contributed by atoms with E-state index in [4.69, 9.17) is 46.4 Å². The standard InChI is InChI=1S/C12H7Cl4NO2S/c13-7-1-3-11(9(15)5-7)17-20(18,19)12-4-2-8(14)6-10(12)16/h1-6,17H. The van der Waals surface area contributed by atoms with Crippen LogP contribution in [0.4, 0.5) is 5.69 Å². The van der Waals surface area contributed by atoms with Crippen LogP contribution >= 0.6 is 46.4 Å². The molecule has 106 valence electrons. The summed E-state index contributed by atoms with van der Waals surface area (Å²) in [4.78, 5) is -0.0883. The lowest BCUT2D eigenvalue weighted by molar-refractivity contribution is 0.601. The van der Waals surface area contributed by atoms with Gasteiger partial charge in [0.05, 0.1) is 15.7 Å². The summed E-state index contributed by atoms with van der Waals surface area (Å²) in [5.41, 5.74) is 0.210. The number of sulfonamides is 1. The summed E-state index contributed by atoms with van der Waals surface area (Å²) < 4.78 is 26.8. The van der Waals surface area contributed by atoms with E-state index >= 15 is 0 Å². The maximum absolute atomic E-state index is 12.2. The summed E-state index contributed by atoms with van der Waals surface area (Å²) in [5.74, 6) is 0. The summed E-state index contributed by atoms with van der Waals surface area (Å²) in [7, 11) is -3.86. The van der Waals surface area contributed by atoms with E-state index in [2.05, 4.69) is 4.72 Å². The van der Waals surface area contributed by atoms with Gasteiger partial charge >= 0.3 is 0 Å². The molecule has 0 aromatic heterocycles. The summed E-state index contributed by atoms with van der Waals surface area (Å²) >= 11 is 23.3. The fraction of sp³-hybridized carbons (Fsp3) is 0. The third-order valence-electron chi connectivity index (χ3n) is 2.36. The Bertz CT molecular complexity index is 762. The molecule has 0 fully saturated rings. The van der Waals surface area contributed by atoms with Crippen LogP contribution in [0.1, 0.15) is 0 Å². The van der Waals surface area contributed by atoms with Crippen LogP contribution in [-0.2, 0) is 10.0 Å². The van der Waals surface area contributed by atoms with Gasteiger partial charge in [0.15, 0.2) is 0 Å². The fourth-order valence-electron chi connectivity index (χ4n) is 1.47. The monoisotopic (exact) mass is 369 g/mol. The topological polar surface area (TPSA) is 46.2 Å². The molecule has 0 aliphatic rings. The van der Waals surface area contributed by atoms with Crippen LogP contribution in [0.25, 0.3) is 0 Å². The SMILES string of the molecule is O=S(=O)(Nc1ccc(Cl)cc1Cl)c1ccc(Cl)cc1Cl. The van der Waals surface area contributed by atoms with Gasteiger partial charge in [-0.3, -0.25) is 4.72 Å². The van der Waals surface area contributed by atoms with Crippen molar-refractivity contribution in [3.8, 4) is 0 Å². The van der Waals surface area contributed by atoms with E-state index in [-0.39, 0.29) is 20.6 Å². The first-order valence-electron chi connectivity index (χ1n) is 5.22. The smallest absolute Gasteiger partial charge is 0.263 e. The summed E-state index contributed by atoms with van der Waals surface area (Å²) in [6.45, 7) is 0. The minimum atomic E-state index is -3.86. The highest BCUT2D eigenvalue weighted by Crippen LogP contribution is 2.30. The maximum atomic E-state index is 12.2. The van der Waals surface area contributed by atoms with Crippen LogP contribution in [0.2, 0.25) is 20.1 Å². The molecular formula is C12H7Cl4NO2S. The largest absolute Gasteiger partial charge is 0.278 e. The summed E-state index contributed by atoms with van der Waals surface area (Å²) in [5, 5.41) is 0.960. The van der Waals surface area contributed by atoms with Gasteiger partial charge in [-0.25, -0.2) is 8.42 Å². The average Bonchev–Trinajstić information content (AvgIpc) is 2.32. The molecule has 0 unspecified atom stereocenters. The molecule has 0 aliphatic heterocycles. The van der Waals surface area contributed by atoms with Crippen molar-refractivity contribution in [2.24, 2.45) is 0 Å². The Morgan fingerprint density at radius 1 is 0.800 bits per heavy atom. The van der Waals surface area contributed by atoms with Crippen LogP contribution in [-0.4, -0.2) is 8.42 Å². The highest BCUT2D eigenvalue weighted by molar-refractivity contribution is 7.92. The van der Waals surface area contributed by atoms with Gasteiger partial charge in [0.2, 0.25) is 0 Å². The van der Waals surface area contributed by atoms with E-state index < -0.39 is 10.0 Å². The van der Waals surface area contributed by atoms with E-state index in [0.717, 1.165) is 0 Å². The first kappa shape index (κ1) is 15.7. The third-order valence-corrected chi connectivity index (χ3v) is 4.99. The molecule has 0 atom stereocenters. The van der Waals surface area contributed by atoms with Crippen molar-refractivity contribution < 1.29 is 8.42 Å². The highest BCUT2D eigenvalue weighted by atomic mass is 35.5. The zero-order valence-electron chi connectivity index (χ0n) is 9.70. The van der Waals surface area contributed by atoms with Gasteiger partial charge in [-0.2, -0.15) is 0 Å². The minimum Gasteiger partial charge on any atom is -0.278 e. The predicted molar refractivity (Wildman–Crippen MR) is 83.7 cm³/mol. The van der Waals surface area contributed by atoms with Crippen molar-refractivity contribution in [3.63, 3.8) is 0 Å². The molecule has 20 heavy (non-hydrogen) atoms. The Labute approximate surface area is 136 Å². The molecule has 0 heterocycles. The third kappa shape index (κ3) is 3.51.